The van der Waals surface area contributed by atoms with E-state index in [0.29, 0.717) is 17.1 Å². The van der Waals surface area contributed by atoms with E-state index < -0.39 is 0 Å². The van der Waals surface area contributed by atoms with Gasteiger partial charge in [0, 0.05) is 17.1 Å². The van der Waals surface area contributed by atoms with E-state index in [1.807, 2.05) is 0 Å². The van der Waals surface area contributed by atoms with E-state index in [1.54, 1.807) is 30.4 Å². The van der Waals surface area contributed by atoms with Crippen LogP contribution < -0.4 is 5.73 Å². The van der Waals surface area contributed by atoms with Crippen molar-refractivity contribution in [3.8, 4) is 5.75 Å². The number of allylic oxidation sites excluding steroid dienone is 1. The van der Waals surface area contributed by atoms with Crippen molar-refractivity contribution in [3.05, 3.63) is 29.8 Å². The summed E-state index contributed by atoms with van der Waals surface area (Å²) in [6.07, 6.45) is 3.48. The SMILES string of the molecule is Nc1ccc(O)c(C=CCCl)c1. The molecule has 0 unspecified atom stereocenters. The smallest absolute Gasteiger partial charge is 0.122 e. The second-order valence-electron chi connectivity index (χ2n) is 2.37. The molecular formula is C9H10ClNO. The van der Waals surface area contributed by atoms with Gasteiger partial charge in [-0.3, -0.25) is 0 Å². The van der Waals surface area contributed by atoms with Gasteiger partial charge in [0.15, 0.2) is 0 Å². The second-order valence-corrected chi connectivity index (χ2v) is 2.68. The minimum atomic E-state index is 0.213. The lowest BCUT2D eigenvalue weighted by atomic mass is 10.1. The maximum atomic E-state index is 9.31. The molecule has 3 N–H and O–H groups in total. The third-order valence-electron chi connectivity index (χ3n) is 1.44. The first kappa shape index (κ1) is 8.94. The van der Waals surface area contributed by atoms with Crippen LogP contribution in [0.2, 0.25) is 0 Å². The second kappa shape index (κ2) is 4.02. The van der Waals surface area contributed by atoms with Gasteiger partial charge in [0.05, 0.1) is 0 Å². The summed E-state index contributed by atoms with van der Waals surface area (Å²) >= 11 is 5.44. The van der Waals surface area contributed by atoms with Gasteiger partial charge in [-0.2, -0.15) is 0 Å². The van der Waals surface area contributed by atoms with Crippen molar-refractivity contribution in [2.75, 3.05) is 11.6 Å². The van der Waals surface area contributed by atoms with Gasteiger partial charge in [-0.25, -0.2) is 0 Å². The normalized spacial score (nSPS) is 10.8. The number of halogens is 1. The number of alkyl halides is 1. The number of phenols is 1. The van der Waals surface area contributed by atoms with Crippen LogP contribution in [-0.2, 0) is 0 Å². The van der Waals surface area contributed by atoms with Gasteiger partial charge in [-0.05, 0) is 18.2 Å². The number of nitrogens with two attached hydrogens (primary N) is 1. The van der Waals surface area contributed by atoms with Crippen LogP contribution in [0.1, 0.15) is 5.56 Å². The van der Waals surface area contributed by atoms with Gasteiger partial charge >= 0.3 is 0 Å². The average Bonchev–Trinajstić information content (AvgIpc) is 2.07. The molecule has 0 saturated heterocycles. The number of hydrogen-bond donors (Lipinski definition) is 2. The van der Waals surface area contributed by atoms with Crippen LogP contribution in [-0.4, -0.2) is 11.0 Å². The molecule has 0 aliphatic carbocycles. The molecule has 0 bridgehead atoms. The van der Waals surface area contributed by atoms with Crippen molar-refractivity contribution < 1.29 is 5.11 Å². The fourth-order valence-corrected chi connectivity index (χ4v) is 0.967. The van der Waals surface area contributed by atoms with Gasteiger partial charge < -0.3 is 10.8 Å². The summed E-state index contributed by atoms with van der Waals surface area (Å²) in [6, 6.07) is 4.90. The van der Waals surface area contributed by atoms with Crippen LogP contribution in [0.3, 0.4) is 0 Å². The standard InChI is InChI=1S/C9H10ClNO/c10-5-1-2-7-6-8(11)3-4-9(7)12/h1-4,6,12H,5,11H2. The van der Waals surface area contributed by atoms with E-state index in [1.165, 1.54) is 0 Å². The molecule has 0 aromatic heterocycles. The van der Waals surface area contributed by atoms with Gasteiger partial charge in [0.2, 0.25) is 0 Å². The van der Waals surface area contributed by atoms with E-state index in [2.05, 4.69) is 0 Å². The number of phenolic OH excluding ortho intramolecular Hbond substituents is 1. The molecule has 0 saturated carbocycles. The summed E-state index contributed by atoms with van der Waals surface area (Å²) in [7, 11) is 0. The maximum absolute atomic E-state index is 9.31. The summed E-state index contributed by atoms with van der Waals surface area (Å²) in [4.78, 5) is 0. The van der Waals surface area contributed by atoms with Gasteiger partial charge in [0.25, 0.3) is 0 Å². The topological polar surface area (TPSA) is 46.2 Å². The third-order valence-corrected chi connectivity index (χ3v) is 1.62. The van der Waals surface area contributed by atoms with Crippen LogP contribution >= 0.6 is 11.6 Å². The monoisotopic (exact) mass is 183 g/mol. The summed E-state index contributed by atoms with van der Waals surface area (Å²) < 4.78 is 0. The quantitative estimate of drug-likeness (QED) is 0.420. The minimum absolute atomic E-state index is 0.213. The zero-order valence-corrected chi connectivity index (χ0v) is 7.25. The molecule has 2 nitrogen and oxygen atoms in total. The molecule has 3 heteroatoms. The Morgan fingerprint density at radius 2 is 2.25 bits per heavy atom. The molecule has 0 aliphatic rings. The summed E-state index contributed by atoms with van der Waals surface area (Å²) in [5.41, 5.74) is 6.84. The molecule has 12 heavy (non-hydrogen) atoms. The summed E-state index contributed by atoms with van der Waals surface area (Å²) in [5.74, 6) is 0.638. The molecule has 0 spiro atoms. The van der Waals surface area contributed by atoms with Crippen molar-refractivity contribution in [2.24, 2.45) is 0 Å². The minimum Gasteiger partial charge on any atom is -0.507 e. The predicted molar refractivity (Wildman–Crippen MR) is 52.3 cm³/mol. The van der Waals surface area contributed by atoms with Crippen LogP contribution in [0.5, 0.6) is 5.75 Å². The van der Waals surface area contributed by atoms with Crippen LogP contribution in [0.25, 0.3) is 6.08 Å². The number of rotatable bonds is 2. The molecule has 64 valence electrons. The maximum Gasteiger partial charge on any atom is 0.122 e. The highest BCUT2D eigenvalue weighted by Crippen LogP contribution is 2.20. The van der Waals surface area contributed by atoms with Crippen molar-refractivity contribution in [2.45, 2.75) is 0 Å². The average molecular weight is 184 g/mol. The number of benzene rings is 1. The molecule has 1 aromatic carbocycles. The number of hydrogen-bond acceptors (Lipinski definition) is 2. The van der Waals surface area contributed by atoms with E-state index >= 15 is 0 Å². The predicted octanol–water partition coefficient (Wildman–Crippen LogP) is 2.23. The van der Waals surface area contributed by atoms with Gasteiger partial charge in [-0.1, -0.05) is 12.2 Å². The lowest BCUT2D eigenvalue weighted by Gasteiger charge is -1.99. The Balaban J connectivity index is 2.97. The molecule has 0 atom stereocenters. The Morgan fingerprint density at radius 1 is 1.50 bits per heavy atom. The lowest BCUT2D eigenvalue weighted by molar-refractivity contribution is 0.474. The van der Waals surface area contributed by atoms with E-state index in [-0.39, 0.29) is 5.75 Å². The molecule has 0 heterocycles. The summed E-state index contributed by atoms with van der Waals surface area (Å²) in [5, 5.41) is 9.31. The largest absolute Gasteiger partial charge is 0.507 e. The van der Waals surface area contributed by atoms with Crippen LogP contribution in [0, 0.1) is 0 Å². The first-order valence-corrected chi connectivity index (χ1v) is 4.08. The lowest BCUT2D eigenvalue weighted by Crippen LogP contribution is -1.84. The highest BCUT2D eigenvalue weighted by atomic mass is 35.5. The number of anilines is 1. The molecule has 1 aromatic rings. The van der Waals surface area contributed by atoms with Crippen LogP contribution in [0.15, 0.2) is 24.3 Å². The Labute approximate surface area is 76.3 Å². The Kier molecular flexibility index (Phi) is 3.00. The van der Waals surface area contributed by atoms with Crippen molar-refractivity contribution in [3.63, 3.8) is 0 Å². The van der Waals surface area contributed by atoms with E-state index in [0.717, 1.165) is 0 Å². The van der Waals surface area contributed by atoms with Crippen molar-refractivity contribution in [1.29, 1.82) is 0 Å². The Hall–Kier alpha value is -1.15. The first-order chi connectivity index (χ1) is 5.74. The van der Waals surface area contributed by atoms with Gasteiger partial charge in [0.1, 0.15) is 5.75 Å². The van der Waals surface area contributed by atoms with Gasteiger partial charge in [-0.15, -0.1) is 11.6 Å². The van der Waals surface area contributed by atoms with Crippen LogP contribution in [0.4, 0.5) is 5.69 Å². The molecule has 0 amide bonds. The Morgan fingerprint density at radius 3 is 2.92 bits per heavy atom. The highest BCUT2D eigenvalue weighted by Gasteiger charge is 1.95. The molecule has 0 aliphatic heterocycles. The zero-order valence-electron chi connectivity index (χ0n) is 6.50. The van der Waals surface area contributed by atoms with Crippen molar-refractivity contribution in [1.82, 2.24) is 0 Å². The summed E-state index contributed by atoms with van der Waals surface area (Å²) in [6.45, 7) is 0. The third kappa shape index (κ3) is 2.17. The Bertz CT molecular complexity index is 297. The van der Waals surface area contributed by atoms with E-state index in [9.17, 15) is 5.11 Å². The fourth-order valence-electron chi connectivity index (χ4n) is 0.878. The number of aromatic hydroxyl groups is 1. The molecule has 0 radical (unpaired) electrons. The molecular weight excluding hydrogens is 174 g/mol. The number of nitrogen functional groups attached to an aromatic ring is 1. The van der Waals surface area contributed by atoms with Crippen molar-refractivity contribution >= 4 is 23.4 Å². The highest BCUT2D eigenvalue weighted by molar-refractivity contribution is 6.19. The molecule has 0 fully saturated rings. The zero-order chi connectivity index (χ0) is 8.97. The first-order valence-electron chi connectivity index (χ1n) is 3.55. The van der Waals surface area contributed by atoms with E-state index in [4.69, 9.17) is 17.3 Å². The fraction of sp³-hybridized carbons (Fsp3) is 0.111. The molecule has 1 rings (SSSR count).